The molecular weight excluding hydrogens is 362 g/mol. The van der Waals surface area contributed by atoms with Gasteiger partial charge in [-0.25, -0.2) is 0 Å². The molecule has 0 saturated heterocycles. The SMILES string of the molecule is Cc1cc(CNC(=O)[C@@H]2C[C@@H](O)[C@H](NC(=O)CCc3n[nH]c(C)c3C)C2)no1. The third-order valence-electron chi connectivity index (χ3n) is 5.31. The summed E-state index contributed by atoms with van der Waals surface area (Å²) < 4.78 is 4.97. The number of aromatic amines is 1. The van der Waals surface area contributed by atoms with Crippen LogP contribution in [0.3, 0.4) is 0 Å². The van der Waals surface area contributed by atoms with E-state index < -0.39 is 12.1 Å². The maximum absolute atomic E-state index is 12.3. The Morgan fingerprint density at radius 2 is 2.11 bits per heavy atom. The van der Waals surface area contributed by atoms with E-state index in [0.29, 0.717) is 30.7 Å². The molecule has 0 unspecified atom stereocenters. The van der Waals surface area contributed by atoms with Crippen LogP contribution in [-0.4, -0.2) is 44.4 Å². The van der Waals surface area contributed by atoms with E-state index >= 15 is 0 Å². The summed E-state index contributed by atoms with van der Waals surface area (Å²) in [4.78, 5) is 24.6. The third kappa shape index (κ3) is 4.78. The van der Waals surface area contributed by atoms with Crippen LogP contribution in [0.15, 0.2) is 10.6 Å². The highest BCUT2D eigenvalue weighted by Gasteiger charge is 2.37. The first-order valence-corrected chi connectivity index (χ1v) is 9.51. The van der Waals surface area contributed by atoms with E-state index in [1.165, 1.54) is 0 Å². The van der Waals surface area contributed by atoms with Crippen molar-refractivity contribution in [3.8, 4) is 0 Å². The molecule has 2 heterocycles. The van der Waals surface area contributed by atoms with Gasteiger partial charge in [0.15, 0.2) is 0 Å². The largest absolute Gasteiger partial charge is 0.391 e. The lowest BCUT2D eigenvalue weighted by Crippen LogP contribution is -2.40. The molecule has 2 amide bonds. The summed E-state index contributed by atoms with van der Waals surface area (Å²) in [6.45, 7) is 5.97. The van der Waals surface area contributed by atoms with Gasteiger partial charge in [-0.05, 0) is 39.2 Å². The van der Waals surface area contributed by atoms with Crippen molar-refractivity contribution in [3.05, 3.63) is 34.5 Å². The van der Waals surface area contributed by atoms with Crippen LogP contribution in [-0.2, 0) is 22.6 Å². The van der Waals surface area contributed by atoms with Crippen molar-refractivity contribution in [3.63, 3.8) is 0 Å². The molecule has 3 rings (SSSR count). The molecule has 152 valence electrons. The van der Waals surface area contributed by atoms with Gasteiger partial charge in [-0.2, -0.15) is 5.10 Å². The van der Waals surface area contributed by atoms with Crippen molar-refractivity contribution >= 4 is 11.8 Å². The molecule has 9 heteroatoms. The second-order valence-corrected chi connectivity index (χ2v) is 7.48. The number of aromatic nitrogens is 3. The number of amides is 2. The Morgan fingerprint density at radius 1 is 1.32 bits per heavy atom. The number of hydrogen-bond donors (Lipinski definition) is 4. The van der Waals surface area contributed by atoms with Crippen LogP contribution in [0, 0.1) is 26.7 Å². The van der Waals surface area contributed by atoms with Gasteiger partial charge in [-0.3, -0.25) is 14.7 Å². The Kier molecular flexibility index (Phi) is 6.13. The summed E-state index contributed by atoms with van der Waals surface area (Å²) in [7, 11) is 0. The maximum Gasteiger partial charge on any atom is 0.223 e. The topological polar surface area (TPSA) is 133 Å². The van der Waals surface area contributed by atoms with Crippen LogP contribution in [0.1, 0.15) is 47.7 Å². The molecule has 4 N–H and O–H groups in total. The van der Waals surface area contributed by atoms with Crippen LogP contribution in [0.2, 0.25) is 0 Å². The van der Waals surface area contributed by atoms with Gasteiger partial charge >= 0.3 is 0 Å². The Morgan fingerprint density at radius 3 is 2.75 bits per heavy atom. The minimum Gasteiger partial charge on any atom is -0.391 e. The van der Waals surface area contributed by atoms with Crippen molar-refractivity contribution in [1.29, 1.82) is 0 Å². The highest BCUT2D eigenvalue weighted by molar-refractivity contribution is 5.80. The number of carbonyl (C=O) groups excluding carboxylic acids is 2. The summed E-state index contributed by atoms with van der Waals surface area (Å²) in [5, 5.41) is 26.8. The predicted molar refractivity (Wildman–Crippen MR) is 100 cm³/mol. The molecule has 1 aliphatic rings. The lowest BCUT2D eigenvalue weighted by molar-refractivity contribution is -0.125. The Balaban J connectivity index is 1.44. The number of aliphatic hydroxyl groups excluding tert-OH is 1. The molecule has 28 heavy (non-hydrogen) atoms. The molecule has 2 aromatic heterocycles. The third-order valence-corrected chi connectivity index (χ3v) is 5.31. The summed E-state index contributed by atoms with van der Waals surface area (Å²) >= 11 is 0. The number of H-pyrrole nitrogens is 1. The molecule has 0 bridgehead atoms. The van der Waals surface area contributed by atoms with E-state index in [1.54, 1.807) is 13.0 Å². The van der Waals surface area contributed by atoms with E-state index in [0.717, 1.165) is 17.0 Å². The van der Waals surface area contributed by atoms with Gasteiger partial charge in [-0.15, -0.1) is 0 Å². The van der Waals surface area contributed by atoms with Crippen LogP contribution < -0.4 is 10.6 Å². The molecule has 2 aromatic rings. The lowest BCUT2D eigenvalue weighted by Gasteiger charge is -2.16. The fourth-order valence-electron chi connectivity index (χ4n) is 3.50. The van der Waals surface area contributed by atoms with Gasteiger partial charge in [-0.1, -0.05) is 5.16 Å². The van der Waals surface area contributed by atoms with Crippen molar-refractivity contribution < 1.29 is 19.2 Å². The van der Waals surface area contributed by atoms with Crippen LogP contribution >= 0.6 is 0 Å². The lowest BCUT2D eigenvalue weighted by atomic mass is 10.1. The number of hydrogen-bond acceptors (Lipinski definition) is 6. The first-order valence-electron chi connectivity index (χ1n) is 9.51. The molecule has 0 aromatic carbocycles. The van der Waals surface area contributed by atoms with E-state index in [4.69, 9.17) is 4.52 Å². The van der Waals surface area contributed by atoms with Gasteiger partial charge in [0.1, 0.15) is 11.5 Å². The Labute approximate surface area is 163 Å². The van der Waals surface area contributed by atoms with Crippen molar-refractivity contribution in [1.82, 2.24) is 26.0 Å². The molecule has 9 nitrogen and oxygen atoms in total. The van der Waals surface area contributed by atoms with Crippen molar-refractivity contribution in [2.45, 2.75) is 65.1 Å². The Hall–Kier alpha value is -2.68. The quantitative estimate of drug-likeness (QED) is 0.554. The predicted octanol–water partition coefficient (Wildman–Crippen LogP) is 0.828. The first kappa shape index (κ1) is 20.1. The van der Waals surface area contributed by atoms with E-state index in [2.05, 4.69) is 26.0 Å². The van der Waals surface area contributed by atoms with Gasteiger partial charge in [0.05, 0.1) is 24.4 Å². The molecule has 0 aliphatic heterocycles. The zero-order chi connectivity index (χ0) is 20.3. The normalized spacial score (nSPS) is 21.6. The molecule has 0 spiro atoms. The maximum atomic E-state index is 12.3. The van der Waals surface area contributed by atoms with Crippen LogP contribution in [0.4, 0.5) is 0 Å². The van der Waals surface area contributed by atoms with E-state index in [9.17, 15) is 14.7 Å². The number of rotatable bonds is 7. The van der Waals surface area contributed by atoms with Gasteiger partial charge in [0.25, 0.3) is 0 Å². The van der Waals surface area contributed by atoms with Gasteiger partial charge < -0.3 is 20.3 Å². The summed E-state index contributed by atoms with van der Waals surface area (Å²) in [5.41, 5.74) is 3.59. The smallest absolute Gasteiger partial charge is 0.223 e. The summed E-state index contributed by atoms with van der Waals surface area (Å²) in [6.07, 6.45) is 0.829. The average Bonchev–Trinajstić information content (AvgIpc) is 3.33. The molecule has 1 saturated carbocycles. The molecule has 1 aliphatic carbocycles. The number of aliphatic hydroxyl groups is 1. The molecule has 0 radical (unpaired) electrons. The molecule has 1 fully saturated rings. The highest BCUT2D eigenvalue weighted by atomic mass is 16.5. The van der Waals surface area contributed by atoms with E-state index in [1.807, 2.05) is 13.8 Å². The van der Waals surface area contributed by atoms with Gasteiger partial charge in [0, 0.05) is 30.5 Å². The fourth-order valence-corrected chi connectivity index (χ4v) is 3.50. The monoisotopic (exact) mass is 389 g/mol. The summed E-state index contributed by atoms with van der Waals surface area (Å²) in [5.74, 6) is 0.0374. The number of nitrogens with zero attached hydrogens (tertiary/aromatic N) is 2. The fraction of sp³-hybridized carbons (Fsp3) is 0.579. The molecule has 3 atom stereocenters. The van der Waals surface area contributed by atoms with Crippen molar-refractivity contribution in [2.24, 2.45) is 5.92 Å². The van der Waals surface area contributed by atoms with Crippen LogP contribution in [0.25, 0.3) is 0 Å². The van der Waals surface area contributed by atoms with Crippen LogP contribution in [0.5, 0.6) is 0 Å². The minimum atomic E-state index is -0.733. The number of carbonyl (C=O) groups is 2. The Bertz CT molecular complexity index is 843. The zero-order valence-corrected chi connectivity index (χ0v) is 16.4. The van der Waals surface area contributed by atoms with Crippen molar-refractivity contribution in [2.75, 3.05) is 0 Å². The first-order chi connectivity index (χ1) is 13.3. The number of aryl methyl sites for hydroxylation is 3. The minimum absolute atomic E-state index is 0.150. The second-order valence-electron chi connectivity index (χ2n) is 7.48. The second kappa shape index (κ2) is 8.55. The zero-order valence-electron chi connectivity index (χ0n) is 16.4. The van der Waals surface area contributed by atoms with E-state index in [-0.39, 0.29) is 30.7 Å². The average molecular weight is 389 g/mol. The summed E-state index contributed by atoms with van der Waals surface area (Å²) in [6, 6.07) is 1.34. The number of nitrogens with one attached hydrogen (secondary N) is 3. The standard InChI is InChI=1S/C19H27N5O4/c1-10-6-14(24-28-10)9-20-19(27)13-7-16(17(25)8-13)21-18(26)5-4-15-11(2)12(3)22-23-15/h6,13,16-17,25H,4-5,7-9H2,1-3H3,(H,20,27)(H,21,26)(H,22,23)/t13-,16+,17+/m0/s1. The molecular formula is C19H27N5O4. The van der Waals surface area contributed by atoms with Gasteiger partial charge in [0.2, 0.25) is 11.8 Å². The highest BCUT2D eigenvalue weighted by Crippen LogP contribution is 2.26.